The number of hydrogen-bond acceptors (Lipinski definition) is 1. The summed E-state index contributed by atoms with van der Waals surface area (Å²) in [7, 11) is 2.21. The molecule has 8 heavy (non-hydrogen) atoms. The maximum atomic E-state index is 2.66. The van der Waals surface area contributed by atoms with E-state index in [0.29, 0.717) is 0 Å². The zero-order chi connectivity index (χ0) is 6.15. The van der Waals surface area contributed by atoms with Gasteiger partial charge in [0.2, 0.25) is 0 Å². The SMILES string of the molecule is CC1=C[N](C)[In]([I])[CH2]1. The van der Waals surface area contributed by atoms with Crippen LogP contribution in [0.4, 0.5) is 0 Å². The molecule has 3 heteroatoms. The van der Waals surface area contributed by atoms with Crippen LogP contribution in [0, 0.1) is 0 Å². The van der Waals surface area contributed by atoms with E-state index < -0.39 is 17.6 Å². The minimum absolute atomic E-state index is 1.10. The van der Waals surface area contributed by atoms with Crippen LogP contribution in [0.15, 0.2) is 11.8 Å². The molecule has 0 unspecified atom stereocenters. The number of halogens is 1. The maximum absolute atomic E-state index is 2.66. The molecule has 1 heterocycles. The summed E-state index contributed by atoms with van der Waals surface area (Å²) in [5, 5.41) is 0. The van der Waals surface area contributed by atoms with Crippen LogP contribution < -0.4 is 0 Å². The molecule has 0 saturated heterocycles. The van der Waals surface area contributed by atoms with Gasteiger partial charge in [0.1, 0.15) is 0 Å². The van der Waals surface area contributed by atoms with Gasteiger partial charge in [-0.25, -0.2) is 0 Å². The van der Waals surface area contributed by atoms with E-state index in [1.54, 1.807) is 5.57 Å². The zero-order valence-corrected chi connectivity index (χ0v) is 10.6. The van der Waals surface area contributed by atoms with Crippen molar-refractivity contribution in [3.8, 4) is 0 Å². The standard InChI is InChI=1S/C5H9N.HI.In/c1-5(2)4-6-3;;/h4H,1H2,2-3H3;1H;/q-1;;+2/p-1. The molecule has 0 saturated carbocycles. The number of rotatable bonds is 0. The molecule has 44 valence electrons. The average Bonchev–Trinajstić information content (AvgIpc) is 1.85. The molecule has 0 aromatic carbocycles. The Balaban J connectivity index is 2.56. The molecule has 0 bridgehead atoms. The van der Waals surface area contributed by atoms with Crippen molar-refractivity contribution < 1.29 is 0 Å². The Kier molecular flexibility index (Phi) is 2.55. The first kappa shape index (κ1) is 7.25. The van der Waals surface area contributed by atoms with Crippen molar-refractivity contribution in [1.29, 1.82) is 0 Å². The summed E-state index contributed by atoms with van der Waals surface area (Å²) in [6.45, 7) is 2.23. The third-order valence-electron chi connectivity index (χ3n) is 1.36. The number of hydrogen-bond donors (Lipinski definition) is 0. The van der Waals surface area contributed by atoms with Gasteiger partial charge in [0.05, 0.1) is 0 Å². The Morgan fingerprint density at radius 1 is 1.88 bits per heavy atom. The van der Waals surface area contributed by atoms with Gasteiger partial charge in [-0.3, -0.25) is 0 Å². The summed E-state index contributed by atoms with van der Waals surface area (Å²) < 4.78 is 3.90. The Labute approximate surface area is 67.8 Å². The van der Waals surface area contributed by atoms with Gasteiger partial charge in [-0.1, -0.05) is 0 Å². The first-order chi connectivity index (χ1) is 3.70. The zero-order valence-electron chi connectivity index (χ0n) is 5.19. The van der Waals surface area contributed by atoms with Gasteiger partial charge in [-0.05, 0) is 0 Å². The van der Waals surface area contributed by atoms with Crippen LogP contribution in [-0.2, 0) is 0 Å². The topological polar surface area (TPSA) is 3.24 Å². The number of nitrogens with zero attached hydrogens (tertiary/aromatic N) is 1. The van der Waals surface area contributed by atoms with Gasteiger partial charge in [0.25, 0.3) is 0 Å². The average molecular weight is 325 g/mol. The van der Waals surface area contributed by atoms with Crippen molar-refractivity contribution in [3.05, 3.63) is 11.8 Å². The van der Waals surface area contributed by atoms with Crippen LogP contribution in [-0.4, -0.2) is 27.5 Å². The molecule has 0 amide bonds. The molecule has 1 aliphatic heterocycles. The van der Waals surface area contributed by atoms with Gasteiger partial charge in [-0.2, -0.15) is 0 Å². The Morgan fingerprint density at radius 3 is 2.62 bits per heavy atom. The predicted molar refractivity (Wildman–Crippen MR) is 46.1 cm³/mol. The summed E-state index contributed by atoms with van der Waals surface area (Å²) in [4.78, 5) is 0. The van der Waals surface area contributed by atoms with E-state index in [0.717, 1.165) is 0 Å². The summed E-state index contributed by atoms with van der Waals surface area (Å²) in [6.07, 6.45) is 2.30. The second-order valence-electron chi connectivity index (χ2n) is 2.28. The fourth-order valence-corrected chi connectivity index (χ4v) is 10.5. The van der Waals surface area contributed by atoms with Gasteiger partial charge in [0.15, 0.2) is 0 Å². The van der Waals surface area contributed by atoms with Crippen molar-refractivity contribution in [2.24, 2.45) is 0 Å². The van der Waals surface area contributed by atoms with E-state index >= 15 is 0 Å². The molecule has 0 spiro atoms. The first-order valence-electron chi connectivity index (χ1n) is 2.73. The molecule has 0 atom stereocenters. The fourth-order valence-electron chi connectivity index (χ4n) is 0.891. The van der Waals surface area contributed by atoms with Crippen LogP contribution in [0.3, 0.4) is 0 Å². The molecular weight excluding hydrogens is 316 g/mol. The summed E-state index contributed by atoms with van der Waals surface area (Å²) in [6, 6.07) is 0. The molecule has 1 aliphatic rings. The molecule has 0 fully saturated rings. The minimum atomic E-state index is -1.10. The van der Waals surface area contributed by atoms with Crippen molar-refractivity contribution in [2.75, 3.05) is 7.05 Å². The molecule has 1 rings (SSSR count). The molecule has 0 aromatic heterocycles. The van der Waals surface area contributed by atoms with Crippen LogP contribution >= 0.6 is 18.1 Å². The second-order valence-corrected chi connectivity index (χ2v) is 17.9. The molecule has 1 nitrogen and oxygen atoms in total. The Bertz CT molecular complexity index is 124. The van der Waals surface area contributed by atoms with Crippen molar-refractivity contribution in [1.82, 2.24) is 2.89 Å². The second kappa shape index (κ2) is 2.82. The van der Waals surface area contributed by atoms with Gasteiger partial charge in [0, 0.05) is 0 Å². The van der Waals surface area contributed by atoms with Gasteiger partial charge >= 0.3 is 68.5 Å². The monoisotopic (exact) mass is 325 g/mol. The molecule has 0 N–H and O–H groups in total. The fraction of sp³-hybridized carbons (Fsp3) is 0.600. The Hall–Kier alpha value is 1.14. The Morgan fingerprint density at radius 2 is 2.50 bits per heavy atom. The van der Waals surface area contributed by atoms with E-state index in [1.165, 1.54) is 4.18 Å². The predicted octanol–water partition coefficient (Wildman–Crippen LogP) is 1.76. The van der Waals surface area contributed by atoms with E-state index in [-0.39, 0.29) is 0 Å². The molecule has 0 aromatic rings. The summed E-state index contributed by atoms with van der Waals surface area (Å²) >= 11 is 1.56. The van der Waals surface area contributed by atoms with Crippen molar-refractivity contribution in [2.45, 2.75) is 11.1 Å². The van der Waals surface area contributed by atoms with E-state index in [2.05, 4.69) is 41.2 Å². The number of allylic oxidation sites excluding steroid dienone is 1. The summed E-state index contributed by atoms with van der Waals surface area (Å²) in [5.41, 5.74) is 1.59. The third-order valence-corrected chi connectivity index (χ3v) is 16.0. The quantitative estimate of drug-likeness (QED) is 0.614. The molecular formula is C5H9IInN. The normalized spacial score (nSPS) is 19.6. The first-order valence-corrected chi connectivity index (χ1v) is 16.1. The van der Waals surface area contributed by atoms with Crippen LogP contribution in [0.2, 0.25) is 4.18 Å². The van der Waals surface area contributed by atoms with Crippen LogP contribution in [0.1, 0.15) is 6.92 Å². The molecule has 0 radical (unpaired) electrons. The molecule has 0 aliphatic carbocycles. The van der Waals surface area contributed by atoms with Crippen molar-refractivity contribution >= 4 is 35.7 Å². The summed E-state index contributed by atoms with van der Waals surface area (Å²) in [5.74, 6) is 0. The third kappa shape index (κ3) is 1.56. The van der Waals surface area contributed by atoms with Crippen LogP contribution in [0.25, 0.3) is 0 Å². The van der Waals surface area contributed by atoms with Crippen molar-refractivity contribution in [3.63, 3.8) is 0 Å². The van der Waals surface area contributed by atoms with Crippen LogP contribution in [0.5, 0.6) is 0 Å². The van der Waals surface area contributed by atoms with E-state index in [1.807, 2.05) is 0 Å². The van der Waals surface area contributed by atoms with Gasteiger partial charge < -0.3 is 0 Å². The van der Waals surface area contributed by atoms with E-state index in [9.17, 15) is 0 Å². The van der Waals surface area contributed by atoms with Gasteiger partial charge in [-0.15, -0.1) is 0 Å². The van der Waals surface area contributed by atoms with E-state index in [4.69, 9.17) is 0 Å².